The van der Waals surface area contributed by atoms with Gasteiger partial charge in [0.25, 0.3) is 10.0 Å². The molecule has 0 aromatic heterocycles. The molecule has 8 heteroatoms. The molecule has 1 fully saturated rings. The zero-order chi connectivity index (χ0) is 19.0. The third-order valence-electron chi connectivity index (χ3n) is 4.81. The predicted octanol–water partition coefficient (Wildman–Crippen LogP) is 2.30. The summed E-state index contributed by atoms with van der Waals surface area (Å²) in [5.74, 6) is -0.894. The molecule has 1 atom stereocenters. The molecule has 1 N–H and O–H groups in total. The molecule has 0 aliphatic carbocycles. The molecule has 27 heavy (non-hydrogen) atoms. The number of carbonyl (C=O) groups is 1. The van der Waals surface area contributed by atoms with Crippen LogP contribution in [0, 0.1) is 5.82 Å². The van der Waals surface area contributed by atoms with Gasteiger partial charge in [0.05, 0.1) is 16.7 Å². The second kappa shape index (κ2) is 6.94. The Morgan fingerprint density at radius 1 is 1.22 bits per heavy atom. The van der Waals surface area contributed by atoms with Crippen LogP contribution in [0.15, 0.2) is 47.4 Å². The van der Waals surface area contributed by atoms with E-state index in [1.165, 1.54) is 24.3 Å². The quantitative estimate of drug-likeness (QED) is 0.869. The number of halogens is 1. The van der Waals surface area contributed by atoms with Crippen molar-refractivity contribution in [3.63, 3.8) is 0 Å². The van der Waals surface area contributed by atoms with Crippen LogP contribution in [0.3, 0.4) is 0 Å². The summed E-state index contributed by atoms with van der Waals surface area (Å²) in [6.07, 6.45) is 1.79. The first-order valence-corrected chi connectivity index (χ1v) is 10.2. The van der Waals surface area contributed by atoms with E-state index in [9.17, 15) is 17.6 Å². The summed E-state index contributed by atoms with van der Waals surface area (Å²) in [5.41, 5.74) is 1.18. The summed E-state index contributed by atoms with van der Waals surface area (Å²) in [7, 11) is -3.92. The largest absolute Gasteiger partial charge is 0.376 e. The van der Waals surface area contributed by atoms with Crippen molar-refractivity contribution in [3.8, 4) is 11.1 Å². The summed E-state index contributed by atoms with van der Waals surface area (Å²) in [6.45, 7) is 0.651. The number of amides is 1. The molecule has 1 saturated heterocycles. The average Bonchev–Trinajstić information content (AvgIpc) is 3.17. The number of ether oxygens (including phenoxy) is 1. The molecule has 0 unspecified atom stereocenters. The fraction of sp³-hybridized carbons (Fsp3) is 0.316. The molecule has 0 saturated carbocycles. The number of nitrogens with one attached hydrogen (secondary N) is 1. The topological polar surface area (TPSA) is 75.7 Å². The first-order valence-electron chi connectivity index (χ1n) is 8.77. The Balaban J connectivity index is 1.65. The van der Waals surface area contributed by atoms with Gasteiger partial charge >= 0.3 is 0 Å². The van der Waals surface area contributed by atoms with Crippen LogP contribution in [0.25, 0.3) is 11.1 Å². The van der Waals surface area contributed by atoms with Crippen LogP contribution in [0.4, 0.5) is 10.1 Å². The number of rotatable bonds is 4. The standard InChI is InChI=1S/C19H19FN2O4S/c20-13-7-8-17-16(10-13)15-5-1-2-6-18(15)27(24,25)22(17)12-19(23)21-11-14-4-3-9-26-14/h1-2,5-8,10,14H,3-4,9,11-12H2,(H,21,23)/t14-/m0/s1. The number of nitrogens with zero attached hydrogens (tertiary/aromatic N) is 1. The zero-order valence-electron chi connectivity index (χ0n) is 14.5. The van der Waals surface area contributed by atoms with E-state index < -0.39 is 21.7 Å². The van der Waals surface area contributed by atoms with E-state index in [-0.39, 0.29) is 17.5 Å². The maximum absolute atomic E-state index is 13.8. The lowest BCUT2D eigenvalue weighted by atomic mass is 10.0. The first kappa shape index (κ1) is 17.9. The maximum atomic E-state index is 13.8. The number of fused-ring (bicyclic) bond motifs is 3. The molecular formula is C19H19FN2O4S. The number of sulfonamides is 1. The molecule has 4 rings (SSSR count). The highest BCUT2D eigenvalue weighted by Crippen LogP contribution is 2.42. The SMILES string of the molecule is O=C(CN1c2ccc(F)cc2-c2ccccc2S1(=O)=O)NC[C@@H]1CCCO1. The van der Waals surface area contributed by atoms with Gasteiger partial charge in [0.15, 0.2) is 0 Å². The third kappa shape index (κ3) is 3.30. The van der Waals surface area contributed by atoms with Crippen molar-refractivity contribution in [3.05, 3.63) is 48.3 Å². The highest BCUT2D eigenvalue weighted by molar-refractivity contribution is 7.93. The van der Waals surface area contributed by atoms with Gasteiger partial charge < -0.3 is 10.1 Å². The number of hydrogen-bond donors (Lipinski definition) is 1. The van der Waals surface area contributed by atoms with Crippen molar-refractivity contribution in [2.24, 2.45) is 0 Å². The van der Waals surface area contributed by atoms with E-state index in [4.69, 9.17) is 4.74 Å². The van der Waals surface area contributed by atoms with Crippen LogP contribution in [0.5, 0.6) is 0 Å². The van der Waals surface area contributed by atoms with Gasteiger partial charge in [0, 0.05) is 24.3 Å². The number of benzene rings is 2. The minimum absolute atomic E-state index is 0.0333. The van der Waals surface area contributed by atoms with Crippen LogP contribution < -0.4 is 9.62 Å². The molecule has 0 radical (unpaired) electrons. The Bertz CT molecular complexity index is 987. The summed E-state index contributed by atoms with van der Waals surface area (Å²) in [5, 5.41) is 2.73. The Kier molecular flexibility index (Phi) is 4.61. The van der Waals surface area contributed by atoms with Crippen LogP contribution in [-0.2, 0) is 19.6 Å². The summed E-state index contributed by atoms with van der Waals surface area (Å²) in [4.78, 5) is 12.5. The fourth-order valence-corrected chi connectivity index (χ4v) is 5.14. The van der Waals surface area contributed by atoms with Gasteiger partial charge in [-0.15, -0.1) is 0 Å². The molecule has 1 amide bonds. The minimum Gasteiger partial charge on any atom is -0.376 e. The Morgan fingerprint density at radius 2 is 2.04 bits per heavy atom. The molecule has 2 aliphatic heterocycles. The van der Waals surface area contributed by atoms with Crippen molar-refractivity contribution in [2.75, 3.05) is 24.0 Å². The van der Waals surface area contributed by atoms with E-state index in [0.29, 0.717) is 30.0 Å². The Labute approximate surface area is 157 Å². The van der Waals surface area contributed by atoms with Crippen LogP contribution in [-0.4, -0.2) is 40.1 Å². The van der Waals surface area contributed by atoms with Crippen molar-refractivity contribution in [1.82, 2.24) is 5.32 Å². The lowest BCUT2D eigenvalue weighted by Crippen LogP contribution is -2.44. The van der Waals surface area contributed by atoms with Gasteiger partial charge in [-0.05, 0) is 37.1 Å². The molecule has 0 bridgehead atoms. The van der Waals surface area contributed by atoms with E-state index in [1.807, 2.05) is 0 Å². The predicted molar refractivity (Wildman–Crippen MR) is 98.4 cm³/mol. The Hall–Kier alpha value is -2.45. The molecule has 142 valence electrons. The monoisotopic (exact) mass is 390 g/mol. The highest BCUT2D eigenvalue weighted by atomic mass is 32.2. The van der Waals surface area contributed by atoms with Gasteiger partial charge in [-0.2, -0.15) is 0 Å². The van der Waals surface area contributed by atoms with Crippen LogP contribution in [0.1, 0.15) is 12.8 Å². The molecule has 2 aromatic carbocycles. The van der Waals surface area contributed by atoms with E-state index in [2.05, 4.69) is 5.32 Å². The van der Waals surface area contributed by atoms with E-state index in [0.717, 1.165) is 17.1 Å². The molecule has 2 heterocycles. The van der Waals surface area contributed by atoms with Gasteiger partial charge in [-0.25, -0.2) is 12.8 Å². The number of hydrogen-bond acceptors (Lipinski definition) is 4. The summed E-state index contributed by atoms with van der Waals surface area (Å²) >= 11 is 0. The number of anilines is 1. The first-order chi connectivity index (χ1) is 13.0. The lowest BCUT2D eigenvalue weighted by Gasteiger charge is -2.31. The Morgan fingerprint density at radius 3 is 2.81 bits per heavy atom. The second-order valence-electron chi connectivity index (χ2n) is 6.61. The van der Waals surface area contributed by atoms with Gasteiger partial charge in [0.2, 0.25) is 5.91 Å². The molecule has 2 aromatic rings. The number of carbonyl (C=O) groups excluding carboxylic acids is 1. The lowest BCUT2D eigenvalue weighted by molar-refractivity contribution is -0.120. The van der Waals surface area contributed by atoms with Crippen molar-refractivity contribution in [2.45, 2.75) is 23.8 Å². The molecule has 6 nitrogen and oxygen atoms in total. The fourth-order valence-electron chi connectivity index (χ4n) is 3.49. The van der Waals surface area contributed by atoms with Gasteiger partial charge in [-0.1, -0.05) is 18.2 Å². The second-order valence-corrected chi connectivity index (χ2v) is 8.44. The molecule has 2 aliphatic rings. The third-order valence-corrected chi connectivity index (χ3v) is 6.63. The van der Waals surface area contributed by atoms with E-state index in [1.54, 1.807) is 18.2 Å². The highest BCUT2D eigenvalue weighted by Gasteiger charge is 2.36. The van der Waals surface area contributed by atoms with Crippen LogP contribution >= 0.6 is 0 Å². The maximum Gasteiger partial charge on any atom is 0.265 e. The van der Waals surface area contributed by atoms with Gasteiger partial charge in [0.1, 0.15) is 12.4 Å². The van der Waals surface area contributed by atoms with Crippen LogP contribution in [0.2, 0.25) is 0 Å². The smallest absolute Gasteiger partial charge is 0.265 e. The molecule has 0 spiro atoms. The zero-order valence-corrected chi connectivity index (χ0v) is 15.3. The van der Waals surface area contributed by atoms with E-state index >= 15 is 0 Å². The van der Waals surface area contributed by atoms with Crippen molar-refractivity contribution < 1.29 is 22.3 Å². The molecular weight excluding hydrogens is 371 g/mol. The normalized spacial score (nSPS) is 20.0. The minimum atomic E-state index is -3.92. The van der Waals surface area contributed by atoms with Crippen molar-refractivity contribution >= 4 is 21.6 Å². The van der Waals surface area contributed by atoms with Gasteiger partial charge in [-0.3, -0.25) is 9.10 Å². The average molecular weight is 390 g/mol. The summed E-state index contributed by atoms with van der Waals surface area (Å²) < 4.78 is 46.5. The summed E-state index contributed by atoms with van der Waals surface area (Å²) in [6, 6.07) is 10.3. The van der Waals surface area contributed by atoms with Crippen molar-refractivity contribution in [1.29, 1.82) is 0 Å².